The minimum atomic E-state index is -0.309. The van der Waals surface area contributed by atoms with Crippen molar-refractivity contribution in [1.29, 1.82) is 0 Å². The van der Waals surface area contributed by atoms with Gasteiger partial charge in [0, 0.05) is 6.04 Å². The van der Waals surface area contributed by atoms with Gasteiger partial charge < -0.3 is 10.9 Å². The molecule has 0 aromatic heterocycles. The Hall–Kier alpha value is -0.610. The summed E-state index contributed by atoms with van der Waals surface area (Å²) in [5, 5.41) is 8.65. The van der Waals surface area contributed by atoms with Crippen molar-refractivity contribution in [2.24, 2.45) is 11.7 Å². The summed E-state index contributed by atoms with van der Waals surface area (Å²) in [4.78, 5) is 10.8. The molecule has 1 aliphatic carbocycles. The van der Waals surface area contributed by atoms with E-state index in [0.29, 0.717) is 0 Å². The molecule has 0 heterocycles. The first-order valence-electron chi connectivity index (χ1n) is 3.94. The molecule has 0 saturated heterocycles. The van der Waals surface area contributed by atoms with Gasteiger partial charge in [-0.25, -0.2) is 5.48 Å². The summed E-state index contributed by atoms with van der Waals surface area (Å²) in [6, 6.07) is -0.124. The molecule has 2 unspecified atom stereocenters. The number of nitrogens with two attached hydrogens (primary N) is 1. The normalized spacial score (nSPS) is 31.7. The lowest BCUT2D eigenvalue weighted by Gasteiger charge is -2.27. The molecule has 0 radical (unpaired) electrons. The van der Waals surface area contributed by atoms with Crippen LogP contribution in [0.1, 0.15) is 25.7 Å². The first-order chi connectivity index (χ1) is 5.25. The highest BCUT2D eigenvalue weighted by atomic mass is 16.5. The van der Waals surface area contributed by atoms with E-state index < -0.39 is 0 Å². The molecule has 0 aromatic rings. The molecule has 4 heteroatoms. The van der Waals surface area contributed by atoms with Crippen molar-refractivity contribution in [2.75, 3.05) is 0 Å². The number of carbonyl (C=O) groups excluding carboxylic acids is 1. The Morgan fingerprint density at radius 2 is 2.09 bits per heavy atom. The molecule has 1 aliphatic rings. The lowest BCUT2D eigenvalue weighted by atomic mass is 9.84. The number of hydroxylamine groups is 1. The molecule has 2 atom stereocenters. The van der Waals surface area contributed by atoms with Crippen LogP contribution in [0, 0.1) is 5.92 Å². The maximum atomic E-state index is 10.8. The summed E-state index contributed by atoms with van der Waals surface area (Å²) in [5.41, 5.74) is 7.28. The number of rotatable bonds is 2. The molecule has 64 valence electrons. The van der Waals surface area contributed by atoms with Gasteiger partial charge in [0.2, 0.25) is 5.91 Å². The highest BCUT2D eigenvalue weighted by Gasteiger charge is 2.28. The van der Waals surface area contributed by atoms with Crippen LogP contribution in [0.15, 0.2) is 0 Å². The molecule has 11 heavy (non-hydrogen) atoms. The van der Waals surface area contributed by atoms with Crippen molar-refractivity contribution >= 4 is 5.91 Å². The molecule has 1 fully saturated rings. The van der Waals surface area contributed by atoms with Crippen LogP contribution in [0.25, 0.3) is 0 Å². The third kappa shape index (κ3) is 1.91. The number of primary amides is 1. The quantitative estimate of drug-likeness (QED) is 0.495. The zero-order valence-corrected chi connectivity index (χ0v) is 6.42. The lowest BCUT2D eigenvalue weighted by molar-refractivity contribution is -0.124. The van der Waals surface area contributed by atoms with Crippen molar-refractivity contribution in [2.45, 2.75) is 31.7 Å². The average Bonchev–Trinajstić information content (AvgIpc) is 2.04. The zero-order chi connectivity index (χ0) is 8.27. The van der Waals surface area contributed by atoms with Gasteiger partial charge in [-0.3, -0.25) is 4.79 Å². The molecular weight excluding hydrogens is 144 g/mol. The van der Waals surface area contributed by atoms with Gasteiger partial charge in [0.15, 0.2) is 0 Å². The van der Waals surface area contributed by atoms with Crippen molar-refractivity contribution in [3.8, 4) is 0 Å². The molecule has 1 amide bonds. The summed E-state index contributed by atoms with van der Waals surface area (Å²) in [7, 11) is 0. The summed E-state index contributed by atoms with van der Waals surface area (Å²) in [6.45, 7) is 0. The van der Waals surface area contributed by atoms with Gasteiger partial charge in [-0.2, -0.15) is 0 Å². The minimum absolute atomic E-state index is 0.124. The Morgan fingerprint density at radius 1 is 1.45 bits per heavy atom. The number of nitrogens with one attached hydrogen (secondary N) is 1. The van der Waals surface area contributed by atoms with Crippen LogP contribution in [-0.4, -0.2) is 17.2 Å². The summed E-state index contributed by atoms with van der Waals surface area (Å²) < 4.78 is 0. The fourth-order valence-corrected chi connectivity index (χ4v) is 1.63. The molecule has 0 aromatic carbocycles. The SMILES string of the molecule is NC(=O)C1CCCCC1NO. The topological polar surface area (TPSA) is 75.4 Å². The molecular formula is C7H14N2O2. The number of hydrogen-bond donors (Lipinski definition) is 3. The standard InChI is InChI=1S/C7H14N2O2/c8-7(10)5-3-1-2-4-6(5)9-11/h5-6,9,11H,1-4H2,(H2,8,10). The van der Waals surface area contributed by atoms with Gasteiger partial charge in [-0.05, 0) is 12.8 Å². The van der Waals surface area contributed by atoms with Crippen LogP contribution in [0.5, 0.6) is 0 Å². The lowest BCUT2D eigenvalue weighted by Crippen LogP contribution is -2.43. The Bertz CT molecular complexity index is 149. The van der Waals surface area contributed by atoms with Crippen molar-refractivity contribution in [1.82, 2.24) is 5.48 Å². The monoisotopic (exact) mass is 158 g/mol. The maximum Gasteiger partial charge on any atom is 0.222 e. The average molecular weight is 158 g/mol. The van der Waals surface area contributed by atoms with Crippen LogP contribution in [0.2, 0.25) is 0 Å². The fourth-order valence-electron chi connectivity index (χ4n) is 1.63. The Labute approximate surface area is 65.7 Å². The highest BCUT2D eigenvalue weighted by molar-refractivity contribution is 5.77. The third-order valence-electron chi connectivity index (χ3n) is 2.30. The van der Waals surface area contributed by atoms with Gasteiger partial charge >= 0.3 is 0 Å². The molecule has 1 rings (SSSR count). The van der Waals surface area contributed by atoms with Gasteiger partial charge in [0.05, 0.1) is 5.92 Å². The van der Waals surface area contributed by atoms with Gasteiger partial charge in [0.1, 0.15) is 0 Å². The van der Waals surface area contributed by atoms with Crippen molar-refractivity contribution < 1.29 is 10.0 Å². The smallest absolute Gasteiger partial charge is 0.222 e. The minimum Gasteiger partial charge on any atom is -0.369 e. The van der Waals surface area contributed by atoms with E-state index in [1.807, 2.05) is 0 Å². The Balaban J connectivity index is 2.51. The molecule has 0 spiro atoms. The van der Waals surface area contributed by atoms with Gasteiger partial charge in [0.25, 0.3) is 0 Å². The predicted octanol–water partition coefficient (Wildman–Crippen LogP) is 0.00930. The number of carbonyl (C=O) groups is 1. The van der Waals surface area contributed by atoms with Crippen molar-refractivity contribution in [3.63, 3.8) is 0 Å². The second-order valence-electron chi connectivity index (χ2n) is 3.03. The van der Waals surface area contributed by atoms with Gasteiger partial charge in [-0.1, -0.05) is 12.8 Å². The summed E-state index contributed by atoms with van der Waals surface area (Å²) in [5.74, 6) is -0.495. The Morgan fingerprint density at radius 3 is 2.55 bits per heavy atom. The zero-order valence-electron chi connectivity index (χ0n) is 6.42. The third-order valence-corrected chi connectivity index (χ3v) is 2.30. The van der Waals surface area contributed by atoms with Crippen LogP contribution in [0.4, 0.5) is 0 Å². The van der Waals surface area contributed by atoms with E-state index in [1.165, 1.54) is 0 Å². The van der Waals surface area contributed by atoms with Crippen LogP contribution in [0.3, 0.4) is 0 Å². The first-order valence-corrected chi connectivity index (χ1v) is 3.94. The first kappa shape index (κ1) is 8.49. The molecule has 4 nitrogen and oxygen atoms in total. The van der Waals surface area contributed by atoms with E-state index in [4.69, 9.17) is 10.9 Å². The van der Waals surface area contributed by atoms with E-state index >= 15 is 0 Å². The Kier molecular flexibility index (Phi) is 2.84. The largest absolute Gasteiger partial charge is 0.369 e. The number of amides is 1. The van der Waals surface area contributed by atoms with Crippen LogP contribution >= 0.6 is 0 Å². The summed E-state index contributed by atoms with van der Waals surface area (Å²) >= 11 is 0. The maximum absolute atomic E-state index is 10.8. The molecule has 1 saturated carbocycles. The van der Waals surface area contributed by atoms with E-state index in [2.05, 4.69) is 5.48 Å². The van der Waals surface area contributed by atoms with E-state index in [-0.39, 0.29) is 17.9 Å². The van der Waals surface area contributed by atoms with E-state index in [9.17, 15) is 4.79 Å². The van der Waals surface area contributed by atoms with Crippen LogP contribution < -0.4 is 11.2 Å². The predicted molar refractivity (Wildman–Crippen MR) is 39.9 cm³/mol. The molecule has 0 bridgehead atoms. The van der Waals surface area contributed by atoms with E-state index in [0.717, 1.165) is 25.7 Å². The van der Waals surface area contributed by atoms with E-state index in [1.54, 1.807) is 0 Å². The second kappa shape index (κ2) is 3.69. The summed E-state index contributed by atoms with van der Waals surface area (Å²) in [6.07, 6.45) is 3.73. The van der Waals surface area contributed by atoms with Gasteiger partial charge in [-0.15, -0.1) is 0 Å². The molecule has 0 aliphatic heterocycles. The number of hydrogen-bond acceptors (Lipinski definition) is 3. The second-order valence-corrected chi connectivity index (χ2v) is 3.03. The van der Waals surface area contributed by atoms with Crippen molar-refractivity contribution in [3.05, 3.63) is 0 Å². The molecule has 4 N–H and O–H groups in total. The highest BCUT2D eigenvalue weighted by Crippen LogP contribution is 2.23. The fraction of sp³-hybridized carbons (Fsp3) is 0.857. The van der Waals surface area contributed by atoms with Crippen LogP contribution in [-0.2, 0) is 4.79 Å².